The lowest BCUT2D eigenvalue weighted by atomic mass is 10.1. The number of hydrogen-bond donors (Lipinski definition) is 4. The van der Waals surface area contributed by atoms with Gasteiger partial charge in [-0.15, -0.1) is 0 Å². The standard InChI is InChI=1S/C15H16N2O3/c16-9-11(10-5-2-1-3-6-10)17-15(20)14-12(18)7-4-8-13(14)19/h1-8,11,18-19H,9,16H2,(H,17,20). The Labute approximate surface area is 116 Å². The summed E-state index contributed by atoms with van der Waals surface area (Å²) in [7, 11) is 0. The zero-order valence-electron chi connectivity index (χ0n) is 10.8. The summed E-state index contributed by atoms with van der Waals surface area (Å²) >= 11 is 0. The third kappa shape index (κ3) is 2.89. The van der Waals surface area contributed by atoms with Gasteiger partial charge in [-0.05, 0) is 17.7 Å². The van der Waals surface area contributed by atoms with Crippen molar-refractivity contribution in [3.05, 3.63) is 59.7 Å². The summed E-state index contributed by atoms with van der Waals surface area (Å²) in [5.74, 6) is -1.11. The van der Waals surface area contributed by atoms with Crippen molar-refractivity contribution in [2.45, 2.75) is 6.04 Å². The average Bonchev–Trinajstić information content (AvgIpc) is 2.45. The van der Waals surface area contributed by atoms with Gasteiger partial charge in [-0.3, -0.25) is 4.79 Å². The van der Waals surface area contributed by atoms with Crippen molar-refractivity contribution in [3.8, 4) is 11.5 Å². The molecule has 0 aliphatic heterocycles. The van der Waals surface area contributed by atoms with Gasteiger partial charge in [0.05, 0.1) is 6.04 Å². The summed E-state index contributed by atoms with van der Waals surface area (Å²) in [6.07, 6.45) is 0. The maximum atomic E-state index is 12.1. The first kappa shape index (κ1) is 13.9. The molecular formula is C15H16N2O3. The van der Waals surface area contributed by atoms with E-state index in [-0.39, 0.29) is 29.6 Å². The molecule has 0 saturated heterocycles. The molecule has 0 heterocycles. The largest absolute Gasteiger partial charge is 0.507 e. The highest BCUT2D eigenvalue weighted by Crippen LogP contribution is 2.26. The summed E-state index contributed by atoms with van der Waals surface area (Å²) in [5.41, 5.74) is 6.38. The van der Waals surface area contributed by atoms with Crippen LogP contribution in [0.5, 0.6) is 11.5 Å². The third-order valence-corrected chi connectivity index (χ3v) is 2.99. The number of amides is 1. The van der Waals surface area contributed by atoms with Crippen molar-refractivity contribution in [1.29, 1.82) is 0 Å². The maximum Gasteiger partial charge on any atom is 0.259 e. The summed E-state index contributed by atoms with van der Waals surface area (Å²) in [4.78, 5) is 12.1. The molecule has 1 unspecified atom stereocenters. The van der Waals surface area contributed by atoms with E-state index in [0.29, 0.717) is 0 Å². The van der Waals surface area contributed by atoms with Gasteiger partial charge in [0.25, 0.3) is 5.91 Å². The molecular weight excluding hydrogens is 256 g/mol. The van der Waals surface area contributed by atoms with Gasteiger partial charge in [0.15, 0.2) is 0 Å². The average molecular weight is 272 g/mol. The number of phenols is 2. The van der Waals surface area contributed by atoms with E-state index in [1.54, 1.807) is 0 Å². The SMILES string of the molecule is NCC(NC(=O)c1c(O)cccc1O)c1ccccc1. The lowest BCUT2D eigenvalue weighted by Crippen LogP contribution is -2.33. The van der Waals surface area contributed by atoms with Crippen LogP contribution in [-0.4, -0.2) is 22.7 Å². The fourth-order valence-electron chi connectivity index (χ4n) is 1.96. The number of carbonyl (C=O) groups is 1. The predicted molar refractivity (Wildman–Crippen MR) is 75.5 cm³/mol. The van der Waals surface area contributed by atoms with Crippen LogP contribution in [0.15, 0.2) is 48.5 Å². The van der Waals surface area contributed by atoms with Crippen LogP contribution in [0.3, 0.4) is 0 Å². The number of nitrogens with one attached hydrogen (secondary N) is 1. The Morgan fingerprint density at radius 1 is 1.05 bits per heavy atom. The molecule has 0 aliphatic rings. The zero-order valence-corrected chi connectivity index (χ0v) is 10.8. The van der Waals surface area contributed by atoms with Gasteiger partial charge < -0.3 is 21.3 Å². The third-order valence-electron chi connectivity index (χ3n) is 2.99. The molecule has 2 rings (SSSR count). The quantitative estimate of drug-likeness (QED) is 0.678. The first-order valence-corrected chi connectivity index (χ1v) is 6.20. The Balaban J connectivity index is 2.22. The molecule has 0 aliphatic carbocycles. The second-order valence-electron chi connectivity index (χ2n) is 4.34. The normalized spacial score (nSPS) is 11.8. The number of nitrogens with two attached hydrogens (primary N) is 1. The molecule has 5 nitrogen and oxygen atoms in total. The Bertz CT molecular complexity index is 579. The summed E-state index contributed by atoms with van der Waals surface area (Å²) in [6.45, 7) is 0.212. The van der Waals surface area contributed by atoms with E-state index in [0.717, 1.165) is 5.56 Å². The van der Waals surface area contributed by atoms with Gasteiger partial charge in [0, 0.05) is 6.54 Å². The smallest absolute Gasteiger partial charge is 0.259 e. The van der Waals surface area contributed by atoms with Crippen LogP contribution < -0.4 is 11.1 Å². The first-order chi connectivity index (χ1) is 9.63. The molecule has 20 heavy (non-hydrogen) atoms. The van der Waals surface area contributed by atoms with E-state index in [9.17, 15) is 15.0 Å². The minimum Gasteiger partial charge on any atom is -0.507 e. The Morgan fingerprint density at radius 2 is 1.65 bits per heavy atom. The molecule has 104 valence electrons. The number of rotatable bonds is 4. The van der Waals surface area contributed by atoms with Crippen molar-refractivity contribution in [2.24, 2.45) is 5.73 Å². The van der Waals surface area contributed by atoms with E-state index < -0.39 is 5.91 Å². The Kier molecular flexibility index (Phi) is 4.22. The monoisotopic (exact) mass is 272 g/mol. The van der Waals surface area contributed by atoms with Gasteiger partial charge in [-0.1, -0.05) is 36.4 Å². The van der Waals surface area contributed by atoms with Gasteiger partial charge in [0.2, 0.25) is 0 Å². The molecule has 0 fully saturated rings. The van der Waals surface area contributed by atoms with Crippen LogP contribution in [-0.2, 0) is 0 Å². The van der Waals surface area contributed by atoms with Crippen molar-refractivity contribution >= 4 is 5.91 Å². The molecule has 2 aromatic carbocycles. The number of hydrogen-bond acceptors (Lipinski definition) is 4. The van der Waals surface area contributed by atoms with E-state index in [1.807, 2.05) is 30.3 Å². The van der Waals surface area contributed by atoms with E-state index in [2.05, 4.69) is 5.32 Å². The number of benzene rings is 2. The molecule has 0 spiro atoms. The Hall–Kier alpha value is -2.53. The van der Waals surface area contributed by atoms with Crippen LogP contribution in [0, 0.1) is 0 Å². The van der Waals surface area contributed by atoms with E-state index in [4.69, 9.17) is 5.73 Å². The summed E-state index contributed by atoms with van der Waals surface area (Å²) < 4.78 is 0. The molecule has 2 aromatic rings. The molecule has 5 heteroatoms. The highest BCUT2D eigenvalue weighted by Gasteiger charge is 2.19. The van der Waals surface area contributed by atoms with Gasteiger partial charge >= 0.3 is 0 Å². The van der Waals surface area contributed by atoms with Crippen molar-refractivity contribution < 1.29 is 15.0 Å². The molecule has 5 N–H and O–H groups in total. The van der Waals surface area contributed by atoms with Gasteiger partial charge in [-0.2, -0.15) is 0 Å². The number of phenolic OH excluding ortho intramolecular Hbond substituents is 2. The number of carbonyl (C=O) groups excluding carboxylic acids is 1. The molecule has 0 radical (unpaired) electrons. The van der Waals surface area contributed by atoms with Crippen LogP contribution in [0.25, 0.3) is 0 Å². The van der Waals surface area contributed by atoms with Gasteiger partial charge in [-0.25, -0.2) is 0 Å². The summed E-state index contributed by atoms with van der Waals surface area (Å²) in [5, 5.41) is 22.0. The second kappa shape index (κ2) is 6.08. The fraction of sp³-hybridized carbons (Fsp3) is 0.133. The van der Waals surface area contributed by atoms with Crippen molar-refractivity contribution in [3.63, 3.8) is 0 Å². The maximum absolute atomic E-state index is 12.1. The molecule has 0 saturated carbocycles. The van der Waals surface area contributed by atoms with E-state index in [1.165, 1.54) is 18.2 Å². The predicted octanol–water partition coefficient (Wildman–Crippen LogP) is 1.53. The second-order valence-corrected chi connectivity index (χ2v) is 4.34. The fourth-order valence-corrected chi connectivity index (χ4v) is 1.96. The van der Waals surface area contributed by atoms with Crippen LogP contribution in [0.2, 0.25) is 0 Å². The topological polar surface area (TPSA) is 95.6 Å². The molecule has 1 atom stereocenters. The lowest BCUT2D eigenvalue weighted by Gasteiger charge is -2.18. The van der Waals surface area contributed by atoms with Crippen molar-refractivity contribution in [2.75, 3.05) is 6.54 Å². The zero-order chi connectivity index (χ0) is 14.5. The molecule has 0 bridgehead atoms. The molecule has 1 amide bonds. The summed E-state index contributed by atoms with van der Waals surface area (Å²) in [6, 6.07) is 13.0. The highest BCUT2D eigenvalue weighted by molar-refractivity contribution is 5.99. The van der Waals surface area contributed by atoms with Gasteiger partial charge in [0.1, 0.15) is 17.1 Å². The molecule has 0 aromatic heterocycles. The lowest BCUT2D eigenvalue weighted by molar-refractivity contribution is 0.0932. The van der Waals surface area contributed by atoms with Crippen molar-refractivity contribution in [1.82, 2.24) is 5.32 Å². The van der Waals surface area contributed by atoms with Crippen LogP contribution in [0.4, 0.5) is 0 Å². The minimum absolute atomic E-state index is 0.151. The Morgan fingerprint density at radius 3 is 2.20 bits per heavy atom. The highest BCUT2D eigenvalue weighted by atomic mass is 16.3. The van der Waals surface area contributed by atoms with Crippen LogP contribution >= 0.6 is 0 Å². The number of aromatic hydroxyl groups is 2. The van der Waals surface area contributed by atoms with E-state index >= 15 is 0 Å². The minimum atomic E-state index is -0.570. The van der Waals surface area contributed by atoms with Crippen LogP contribution in [0.1, 0.15) is 22.0 Å². The first-order valence-electron chi connectivity index (χ1n) is 6.20.